The van der Waals surface area contributed by atoms with Crippen molar-refractivity contribution in [3.05, 3.63) is 27.5 Å². The Morgan fingerprint density at radius 1 is 1.42 bits per heavy atom. The molecule has 0 amide bonds. The Balaban J connectivity index is 2.37. The zero-order valence-electron chi connectivity index (χ0n) is 10.9. The maximum absolute atomic E-state index is 11.6. The fourth-order valence-electron chi connectivity index (χ4n) is 1.91. The first-order valence-electron chi connectivity index (χ1n) is 5.90. The molecule has 0 unspecified atom stereocenters. The van der Waals surface area contributed by atoms with Crippen LogP contribution in [0.1, 0.15) is 16.8 Å². The summed E-state index contributed by atoms with van der Waals surface area (Å²) in [6.07, 6.45) is 0.881. The van der Waals surface area contributed by atoms with E-state index in [-0.39, 0.29) is 5.97 Å². The third kappa shape index (κ3) is 3.06. The molecule has 0 saturated heterocycles. The number of nitrogens with zero attached hydrogens (tertiary/aromatic N) is 2. The van der Waals surface area contributed by atoms with Crippen molar-refractivity contribution in [3.8, 4) is 0 Å². The van der Waals surface area contributed by atoms with E-state index < -0.39 is 0 Å². The van der Waals surface area contributed by atoms with E-state index in [1.165, 1.54) is 7.11 Å². The molecule has 19 heavy (non-hydrogen) atoms. The highest BCUT2D eigenvalue weighted by Crippen LogP contribution is 2.22. The number of aryl methyl sites for hydroxylation is 1. The van der Waals surface area contributed by atoms with Gasteiger partial charge in [0.05, 0.1) is 18.2 Å². The van der Waals surface area contributed by atoms with Gasteiger partial charge in [-0.2, -0.15) is 5.10 Å². The van der Waals surface area contributed by atoms with E-state index in [0.29, 0.717) is 12.2 Å². The average Bonchev–Trinajstić information content (AvgIpc) is 2.74. The molecular formula is C13H15IN2O3. The molecule has 0 radical (unpaired) electrons. The second-order valence-corrected chi connectivity index (χ2v) is 5.11. The Bertz CT molecular complexity index is 595. The van der Waals surface area contributed by atoms with Crippen LogP contribution in [0.4, 0.5) is 0 Å². The molecule has 1 aromatic carbocycles. The minimum absolute atomic E-state index is 0.332. The van der Waals surface area contributed by atoms with Gasteiger partial charge in [0.15, 0.2) is 0 Å². The van der Waals surface area contributed by atoms with Crippen molar-refractivity contribution < 1.29 is 14.3 Å². The van der Waals surface area contributed by atoms with Crippen LogP contribution in [0.2, 0.25) is 0 Å². The number of fused-ring (bicyclic) bond motifs is 1. The van der Waals surface area contributed by atoms with E-state index in [1.807, 2.05) is 16.8 Å². The molecule has 0 aliphatic heterocycles. The van der Waals surface area contributed by atoms with Gasteiger partial charge in [0, 0.05) is 25.6 Å². The van der Waals surface area contributed by atoms with Crippen LogP contribution in [0.25, 0.3) is 10.9 Å². The summed E-state index contributed by atoms with van der Waals surface area (Å²) in [5, 5.41) is 5.53. The van der Waals surface area contributed by atoms with E-state index in [1.54, 1.807) is 13.2 Å². The smallest absolute Gasteiger partial charge is 0.337 e. The predicted molar refractivity (Wildman–Crippen MR) is 80.3 cm³/mol. The third-order valence-corrected chi connectivity index (χ3v) is 3.64. The van der Waals surface area contributed by atoms with Gasteiger partial charge >= 0.3 is 5.97 Å². The van der Waals surface area contributed by atoms with Crippen molar-refractivity contribution in [1.29, 1.82) is 0 Å². The van der Waals surface area contributed by atoms with Gasteiger partial charge in [-0.05, 0) is 47.2 Å². The number of hydrogen-bond donors (Lipinski definition) is 0. The van der Waals surface area contributed by atoms with Crippen LogP contribution < -0.4 is 0 Å². The second kappa shape index (κ2) is 6.33. The predicted octanol–water partition coefficient (Wildman–Crippen LogP) is 2.46. The van der Waals surface area contributed by atoms with Crippen molar-refractivity contribution in [2.24, 2.45) is 0 Å². The van der Waals surface area contributed by atoms with Crippen molar-refractivity contribution in [2.75, 3.05) is 20.8 Å². The quantitative estimate of drug-likeness (QED) is 0.459. The van der Waals surface area contributed by atoms with E-state index in [0.717, 1.165) is 27.6 Å². The Kier molecular flexibility index (Phi) is 4.76. The van der Waals surface area contributed by atoms with Crippen molar-refractivity contribution >= 4 is 39.5 Å². The lowest BCUT2D eigenvalue weighted by molar-refractivity contribution is 0.0601. The first-order valence-corrected chi connectivity index (χ1v) is 6.98. The number of esters is 1. The second-order valence-electron chi connectivity index (χ2n) is 4.08. The normalized spacial score (nSPS) is 10.9. The van der Waals surface area contributed by atoms with Crippen LogP contribution in [0, 0.1) is 3.70 Å². The minimum atomic E-state index is -0.332. The summed E-state index contributed by atoms with van der Waals surface area (Å²) in [5.74, 6) is -0.332. The third-order valence-electron chi connectivity index (χ3n) is 2.85. The lowest BCUT2D eigenvalue weighted by Gasteiger charge is -2.04. The van der Waals surface area contributed by atoms with E-state index in [9.17, 15) is 4.79 Å². The lowest BCUT2D eigenvalue weighted by atomic mass is 10.1. The average molecular weight is 374 g/mol. The van der Waals surface area contributed by atoms with Gasteiger partial charge in [-0.3, -0.25) is 4.68 Å². The molecule has 0 aliphatic rings. The molecular weight excluding hydrogens is 359 g/mol. The van der Waals surface area contributed by atoms with Gasteiger partial charge in [-0.25, -0.2) is 4.79 Å². The van der Waals surface area contributed by atoms with Gasteiger partial charge in [0.2, 0.25) is 0 Å². The Morgan fingerprint density at radius 2 is 2.21 bits per heavy atom. The van der Waals surface area contributed by atoms with Gasteiger partial charge < -0.3 is 9.47 Å². The first kappa shape index (κ1) is 14.3. The van der Waals surface area contributed by atoms with Crippen LogP contribution in [-0.4, -0.2) is 36.6 Å². The molecule has 0 aliphatic carbocycles. The van der Waals surface area contributed by atoms with Gasteiger partial charge in [-0.1, -0.05) is 0 Å². The summed E-state index contributed by atoms with van der Waals surface area (Å²) >= 11 is 2.20. The van der Waals surface area contributed by atoms with Crippen LogP contribution >= 0.6 is 22.6 Å². The molecule has 6 heteroatoms. The SMILES string of the molecule is COCCCn1nc(I)c2ccc(C(=O)OC)cc21. The van der Waals surface area contributed by atoms with Gasteiger partial charge in [0.25, 0.3) is 0 Å². The number of carbonyl (C=O) groups is 1. The van der Waals surface area contributed by atoms with Crippen LogP contribution in [0.5, 0.6) is 0 Å². The summed E-state index contributed by atoms with van der Waals surface area (Å²) in [7, 11) is 3.06. The Labute approximate surface area is 125 Å². The van der Waals surface area contributed by atoms with Crippen molar-refractivity contribution in [1.82, 2.24) is 9.78 Å². The Morgan fingerprint density at radius 3 is 2.89 bits per heavy atom. The monoisotopic (exact) mass is 374 g/mol. The zero-order valence-corrected chi connectivity index (χ0v) is 13.0. The molecule has 2 rings (SSSR count). The highest BCUT2D eigenvalue weighted by Gasteiger charge is 2.12. The number of ether oxygens (including phenoxy) is 2. The fraction of sp³-hybridized carbons (Fsp3) is 0.385. The minimum Gasteiger partial charge on any atom is -0.465 e. The Hall–Kier alpha value is -1.15. The number of rotatable bonds is 5. The maximum Gasteiger partial charge on any atom is 0.337 e. The summed E-state index contributed by atoms with van der Waals surface area (Å²) in [6.45, 7) is 1.45. The topological polar surface area (TPSA) is 53.4 Å². The summed E-state index contributed by atoms with van der Waals surface area (Å²) in [4.78, 5) is 11.6. The molecule has 1 heterocycles. The van der Waals surface area contributed by atoms with Crippen LogP contribution in [0.3, 0.4) is 0 Å². The number of methoxy groups -OCH3 is 2. The molecule has 102 valence electrons. The number of carbonyl (C=O) groups excluding carboxylic acids is 1. The molecule has 0 bridgehead atoms. The molecule has 0 N–H and O–H groups in total. The molecule has 0 fully saturated rings. The molecule has 0 spiro atoms. The van der Waals surface area contributed by atoms with Crippen LogP contribution in [-0.2, 0) is 16.0 Å². The number of benzene rings is 1. The van der Waals surface area contributed by atoms with Crippen LogP contribution in [0.15, 0.2) is 18.2 Å². The number of halogens is 1. The van der Waals surface area contributed by atoms with Gasteiger partial charge in [0.1, 0.15) is 3.70 Å². The van der Waals surface area contributed by atoms with Gasteiger partial charge in [-0.15, -0.1) is 0 Å². The summed E-state index contributed by atoms with van der Waals surface area (Å²) < 4.78 is 12.6. The molecule has 0 atom stereocenters. The molecule has 5 nitrogen and oxygen atoms in total. The molecule has 0 saturated carbocycles. The van der Waals surface area contributed by atoms with E-state index in [2.05, 4.69) is 27.7 Å². The maximum atomic E-state index is 11.6. The standard InChI is InChI=1S/C13H15IN2O3/c1-18-7-3-6-16-11-8-9(13(17)19-2)4-5-10(11)12(14)15-16/h4-5,8H,3,6-7H2,1-2H3. The molecule has 2 aromatic rings. The zero-order chi connectivity index (χ0) is 13.8. The van der Waals surface area contributed by atoms with Crippen molar-refractivity contribution in [3.63, 3.8) is 0 Å². The van der Waals surface area contributed by atoms with E-state index >= 15 is 0 Å². The lowest BCUT2D eigenvalue weighted by Crippen LogP contribution is -2.05. The van der Waals surface area contributed by atoms with E-state index in [4.69, 9.17) is 9.47 Å². The van der Waals surface area contributed by atoms with Crippen molar-refractivity contribution in [2.45, 2.75) is 13.0 Å². The first-order chi connectivity index (χ1) is 9.17. The largest absolute Gasteiger partial charge is 0.465 e. The summed E-state index contributed by atoms with van der Waals surface area (Å²) in [5.41, 5.74) is 1.49. The molecule has 1 aromatic heterocycles. The summed E-state index contributed by atoms with van der Waals surface area (Å²) in [6, 6.07) is 5.49. The number of hydrogen-bond acceptors (Lipinski definition) is 4. The highest BCUT2D eigenvalue weighted by atomic mass is 127. The highest BCUT2D eigenvalue weighted by molar-refractivity contribution is 14.1. The number of aromatic nitrogens is 2. The fourth-order valence-corrected chi connectivity index (χ4v) is 2.62.